The molecule has 0 heterocycles. The fourth-order valence-corrected chi connectivity index (χ4v) is 1.80. The Bertz CT molecular complexity index is 559. The highest BCUT2D eigenvalue weighted by atomic mass is 16.5. The Labute approximate surface area is 130 Å². The first-order chi connectivity index (χ1) is 10.4. The Kier molecular flexibility index (Phi) is 7.02. The number of nitrogens with one attached hydrogen (secondary N) is 1. The summed E-state index contributed by atoms with van der Waals surface area (Å²) in [5.41, 5.74) is 1.74. The maximum absolute atomic E-state index is 11.8. The van der Waals surface area contributed by atoms with Gasteiger partial charge in [-0.05, 0) is 32.8 Å². The third-order valence-corrected chi connectivity index (χ3v) is 2.86. The lowest BCUT2D eigenvalue weighted by Gasteiger charge is -2.16. The number of carbonyl (C=O) groups excluding carboxylic acids is 3. The molecule has 0 saturated carbocycles. The van der Waals surface area contributed by atoms with E-state index in [0.29, 0.717) is 6.42 Å². The molecule has 0 radical (unpaired) electrons. The van der Waals surface area contributed by atoms with E-state index in [1.165, 1.54) is 13.0 Å². The summed E-state index contributed by atoms with van der Waals surface area (Å²) in [6.07, 6.45) is 1.71. The summed E-state index contributed by atoms with van der Waals surface area (Å²) in [6.45, 7) is 4.53. The SMILES string of the molecule is CC(=O)[C@H](Cc1ccccc1)NC(=O)COC(=O)C=C(C)C. The Morgan fingerprint density at radius 3 is 2.32 bits per heavy atom. The summed E-state index contributed by atoms with van der Waals surface area (Å²) in [4.78, 5) is 34.7. The molecule has 118 valence electrons. The number of Topliss-reactive ketones (excluding diaryl/α,β-unsaturated/α-hetero) is 1. The zero-order chi connectivity index (χ0) is 16.5. The second kappa shape index (κ2) is 8.77. The molecule has 0 aliphatic carbocycles. The van der Waals surface area contributed by atoms with Crippen molar-refractivity contribution in [3.63, 3.8) is 0 Å². The van der Waals surface area contributed by atoms with Gasteiger partial charge in [0.25, 0.3) is 5.91 Å². The molecule has 0 spiro atoms. The average Bonchev–Trinajstić information content (AvgIpc) is 2.44. The van der Waals surface area contributed by atoms with Crippen LogP contribution in [0.3, 0.4) is 0 Å². The van der Waals surface area contributed by atoms with Crippen molar-refractivity contribution in [3.8, 4) is 0 Å². The third kappa shape index (κ3) is 6.83. The number of hydrogen-bond acceptors (Lipinski definition) is 4. The molecule has 0 aromatic heterocycles. The molecule has 1 aromatic rings. The van der Waals surface area contributed by atoms with Crippen LogP contribution in [0.4, 0.5) is 0 Å². The van der Waals surface area contributed by atoms with Gasteiger partial charge in [-0.15, -0.1) is 0 Å². The van der Waals surface area contributed by atoms with Gasteiger partial charge in [0.2, 0.25) is 0 Å². The van der Waals surface area contributed by atoms with Crippen LogP contribution < -0.4 is 5.32 Å². The van der Waals surface area contributed by atoms with E-state index in [1.54, 1.807) is 13.8 Å². The summed E-state index contributed by atoms with van der Waals surface area (Å²) in [6, 6.07) is 8.77. The van der Waals surface area contributed by atoms with Crippen molar-refractivity contribution in [1.29, 1.82) is 0 Å². The van der Waals surface area contributed by atoms with Crippen molar-refractivity contribution in [3.05, 3.63) is 47.5 Å². The number of hydrogen-bond donors (Lipinski definition) is 1. The summed E-state index contributed by atoms with van der Waals surface area (Å²) in [7, 11) is 0. The fourth-order valence-electron chi connectivity index (χ4n) is 1.80. The number of allylic oxidation sites excluding steroid dienone is 1. The van der Waals surface area contributed by atoms with E-state index in [1.807, 2.05) is 30.3 Å². The van der Waals surface area contributed by atoms with Gasteiger partial charge in [-0.25, -0.2) is 4.79 Å². The van der Waals surface area contributed by atoms with Crippen LogP contribution >= 0.6 is 0 Å². The van der Waals surface area contributed by atoms with Crippen LogP contribution in [0, 0.1) is 0 Å². The van der Waals surface area contributed by atoms with Crippen LogP contribution in [0.25, 0.3) is 0 Å². The molecule has 1 atom stereocenters. The quantitative estimate of drug-likeness (QED) is 0.616. The minimum atomic E-state index is -0.628. The number of ether oxygens (including phenoxy) is 1. The van der Waals surface area contributed by atoms with Crippen LogP contribution in [0.5, 0.6) is 0 Å². The maximum atomic E-state index is 11.8. The molecule has 22 heavy (non-hydrogen) atoms. The summed E-state index contributed by atoms with van der Waals surface area (Å²) < 4.78 is 4.81. The minimum Gasteiger partial charge on any atom is -0.452 e. The summed E-state index contributed by atoms with van der Waals surface area (Å²) >= 11 is 0. The second-order valence-electron chi connectivity index (χ2n) is 5.25. The lowest BCUT2D eigenvalue weighted by molar-refractivity contribution is -0.144. The van der Waals surface area contributed by atoms with E-state index in [2.05, 4.69) is 5.32 Å². The maximum Gasteiger partial charge on any atom is 0.331 e. The van der Waals surface area contributed by atoms with Gasteiger partial charge in [-0.1, -0.05) is 35.9 Å². The summed E-state index contributed by atoms with van der Waals surface area (Å²) in [5.74, 6) is -1.21. The standard InChI is InChI=1S/C17H21NO4/c1-12(2)9-17(21)22-11-16(20)18-15(13(3)19)10-14-7-5-4-6-8-14/h4-9,15H,10-11H2,1-3H3,(H,18,20)/t15-/m0/s1. The molecule has 0 fully saturated rings. The monoisotopic (exact) mass is 303 g/mol. The topological polar surface area (TPSA) is 72.5 Å². The van der Waals surface area contributed by atoms with Crippen molar-refractivity contribution < 1.29 is 19.1 Å². The van der Waals surface area contributed by atoms with Crippen molar-refractivity contribution in [2.24, 2.45) is 0 Å². The largest absolute Gasteiger partial charge is 0.452 e. The molecule has 0 aliphatic heterocycles. The first kappa shape index (κ1) is 17.6. The van der Waals surface area contributed by atoms with Crippen LogP contribution in [0.15, 0.2) is 42.0 Å². The van der Waals surface area contributed by atoms with Gasteiger partial charge in [0.05, 0.1) is 6.04 Å². The van der Waals surface area contributed by atoms with Crippen molar-refractivity contribution >= 4 is 17.7 Å². The molecule has 0 aliphatic rings. The van der Waals surface area contributed by atoms with Crippen LogP contribution in [-0.2, 0) is 25.5 Å². The van der Waals surface area contributed by atoms with Gasteiger partial charge < -0.3 is 10.1 Å². The first-order valence-electron chi connectivity index (χ1n) is 7.04. The Morgan fingerprint density at radius 1 is 1.14 bits per heavy atom. The number of amides is 1. The van der Waals surface area contributed by atoms with Gasteiger partial charge in [0.1, 0.15) is 0 Å². The fraction of sp³-hybridized carbons (Fsp3) is 0.353. The number of benzene rings is 1. The van der Waals surface area contributed by atoms with E-state index in [-0.39, 0.29) is 5.78 Å². The molecule has 1 aromatic carbocycles. The molecular formula is C17H21NO4. The van der Waals surface area contributed by atoms with E-state index in [9.17, 15) is 14.4 Å². The molecule has 1 N–H and O–H groups in total. The van der Waals surface area contributed by atoms with Crippen molar-refractivity contribution in [1.82, 2.24) is 5.32 Å². The molecular weight excluding hydrogens is 282 g/mol. The average molecular weight is 303 g/mol. The minimum absolute atomic E-state index is 0.146. The van der Waals surface area contributed by atoms with Gasteiger partial charge in [0.15, 0.2) is 12.4 Å². The van der Waals surface area contributed by atoms with Crippen molar-refractivity contribution in [2.45, 2.75) is 33.2 Å². The van der Waals surface area contributed by atoms with Crippen LogP contribution in [0.2, 0.25) is 0 Å². The zero-order valence-corrected chi connectivity index (χ0v) is 13.1. The predicted octanol–water partition coefficient (Wildman–Crippen LogP) is 1.81. The molecule has 1 amide bonds. The molecule has 0 bridgehead atoms. The van der Waals surface area contributed by atoms with Gasteiger partial charge in [-0.3, -0.25) is 9.59 Å². The molecule has 5 nitrogen and oxygen atoms in total. The van der Waals surface area contributed by atoms with E-state index < -0.39 is 24.5 Å². The first-order valence-corrected chi connectivity index (χ1v) is 7.04. The Morgan fingerprint density at radius 2 is 1.77 bits per heavy atom. The number of carbonyl (C=O) groups is 3. The lowest BCUT2D eigenvalue weighted by Crippen LogP contribution is -2.43. The van der Waals surface area contributed by atoms with E-state index in [0.717, 1.165) is 11.1 Å². The summed E-state index contributed by atoms with van der Waals surface area (Å²) in [5, 5.41) is 2.59. The van der Waals surface area contributed by atoms with Crippen molar-refractivity contribution in [2.75, 3.05) is 6.61 Å². The highest BCUT2D eigenvalue weighted by Crippen LogP contribution is 2.04. The number of rotatable bonds is 7. The number of ketones is 1. The van der Waals surface area contributed by atoms with Gasteiger partial charge in [0, 0.05) is 6.08 Å². The lowest BCUT2D eigenvalue weighted by atomic mass is 10.0. The molecule has 1 rings (SSSR count). The van der Waals surface area contributed by atoms with E-state index >= 15 is 0 Å². The van der Waals surface area contributed by atoms with Gasteiger partial charge >= 0.3 is 5.97 Å². The van der Waals surface area contributed by atoms with Gasteiger partial charge in [-0.2, -0.15) is 0 Å². The Hall–Kier alpha value is -2.43. The normalized spacial score (nSPS) is 11.2. The second-order valence-corrected chi connectivity index (χ2v) is 5.25. The highest BCUT2D eigenvalue weighted by molar-refractivity contribution is 5.90. The molecule has 0 saturated heterocycles. The predicted molar refractivity (Wildman–Crippen MR) is 83.1 cm³/mol. The molecule has 0 unspecified atom stereocenters. The smallest absolute Gasteiger partial charge is 0.331 e. The Balaban J connectivity index is 2.53. The van der Waals surface area contributed by atoms with Crippen LogP contribution in [-0.4, -0.2) is 30.3 Å². The zero-order valence-electron chi connectivity index (χ0n) is 13.1. The highest BCUT2D eigenvalue weighted by Gasteiger charge is 2.18. The molecule has 5 heteroatoms. The van der Waals surface area contributed by atoms with E-state index in [4.69, 9.17) is 4.74 Å². The van der Waals surface area contributed by atoms with Crippen LogP contribution in [0.1, 0.15) is 26.3 Å². The third-order valence-electron chi connectivity index (χ3n) is 2.86. The number of esters is 1.